The van der Waals surface area contributed by atoms with Crippen molar-refractivity contribution in [2.45, 2.75) is 0 Å². The van der Waals surface area contributed by atoms with E-state index in [1.54, 1.807) is 0 Å². The van der Waals surface area contributed by atoms with E-state index in [9.17, 15) is 9.18 Å². The van der Waals surface area contributed by atoms with Crippen LogP contribution in [0.3, 0.4) is 0 Å². The Morgan fingerprint density at radius 1 is 1.56 bits per heavy atom. The fraction of sp³-hybridized carbons (Fsp3) is 0.300. The summed E-state index contributed by atoms with van der Waals surface area (Å²) < 4.78 is 13.2. The summed E-state index contributed by atoms with van der Waals surface area (Å²) in [5.41, 5.74) is 5.94. The second kappa shape index (κ2) is 6.34. The molecule has 0 aliphatic rings. The van der Waals surface area contributed by atoms with Crippen LogP contribution >= 0.6 is 11.8 Å². The van der Waals surface area contributed by atoms with Gasteiger partial charge >= 0.3 is 0 Å². The van der Waals surface area contributed by atoms with Crippen molar-refractivity contribution in [3.63, 3.8) is 0 Å². The number of aliphatic hydroxyl groups is 1. The Morgan fingerprint density at radius 2 is 2.31 bits per heavy atom. The first-order valence-electron chi connectivity index (χ1n) is 4.67. The second-order valence-corrected chi connectivity index (χ2v) is 4.17. The summed E-state index contributed by atoms with van der Waals surface area (Å²) in [6.07, 6.45) is 0. The van der Waals surface area contributed by atoms with E-state index in [0.29, 0.717) is 11.4 Å². The number of carbonyl (C=O) groups excluding carboxylic acids is 1. The number of anilines is 2. The van der Waals surface area contributed by atoms with Crippen molar-refractivity contribution < 1.29 is 14.3 Å². The predicted molar refractivity (Wildman–Crippen MR) is 63.9 cm³/mol. The van der Waals surface area contributed by atoms with Gasteiger partial charge in [-0.1, -0.05) is 0 Å². The molecule has 1 amide bonds. The number of carbonyl (C=O) groups is 1. The molecule has 16 heavy (non-hydrogen) atoms. The average Bonchev–Trinajstić information content (AvgIpc) is 2.24. The molecular formula is C10H13FN2O2S. The highest BCUT2D eigenvalue weighted by Gasteiger charge is 2.07. The van der Waals surface area contributed by atoms with E-state index in [-0.39, 0.29) is 24.0 Å². The van der Waals surface area contributed by atoms with Gasteiger partial charge in [-0.3, -0.25) is 4.79 Å². The molecule has 0 unspecified atom stereocenters. The maximum absolute atomic E-state index is 13.2. The van der Waals surface area contributed by atoms with Gasteiger partial charge in [-0.2, -0.15) is 0 Å². The Labute approximate surface area is 97.0 Å². The van der Waals surface area contributed by atoms with Gasteiger partial charge in [0, 0.05) is 11.4 Å². The van der Waals surface area contributed by atoms with Gasteiger partial charge in [0.25, 0.3) is 0 Å². The van der Waals surface area contributed by atoms with Crippen LogP contribution < -0.4 is 11.1 Å². The molecule has 1 rings (SSSR count). The van der Waals surface area contributed by atoms with Crippen LogP contribution in [0, 0.1) is 5.82 Å². The lowest BCUT2D eigenvalue weighted by molar-refractivity contribution is -0.113. The van der Waals surface area contributed by atoms with Crippen LogP contribution in [0.4, 0.5) is 15.8 Å². The number of rotatable bonds is 5. The number of hydrogen-bond acceptors (Lipinski definition) is 4. The number of amides is 1. The lowest BCUT2D eigenvalue weighted by Gasteiger charge is -2.06. The highest BCUT2D eigenvalue weighted by Crippen LogP contribution is 2.17. The molecule has 0 aliphatic carbocycles. The van der Waals surface area contributed by atoms with Gasteiger partial charge in [0.15, 0.2) is 0 Å². The first-order chi connectivity index (χ1) is 7.63. The number of nitrogen functional groups attached to an aromatic ring is 1. The van der Waals surface area contributed by atoms with E-state index in [1.807, 2.05) is 0 Å². The van der Waals surface area contributed by atoms with Gasteiger partial charge in [-0.05, 0) is 18.2 Å². The van der Waals surface area contributed by atoms with E-state index < -0.39 is 5.82 Å². The molecule has 88 valence electrons. The largest absolute Gasteiger partial charge is 0.399 e. The van der Waals surface area contributed by atoms with E-state index in [1.165, 1.54) is 30.0 Å². The van der Waals surface area contributed by atoms with Crippen LogP contribution in [0.25, 0.3) is 0 Å². The first kappa shape index (κ1) is 12.8. The number of hydrogen-bond donors (Lipinski definition) is 3. The maximum Gasteiger partial charge on any atom is 0.234 e. The molecule has 0 fully saturated rings. The summed E-state index contributed by atoms with van der Waals surface area (Å²) in [4.78, 5) is 11.3. The van der Waals surface area contributed by atoms with E-state index in [0.717, 1.165) is 0 Å². The number of aliphatic hydroxyl groups excluding tert-OH is 1. The van der Waals surface area contributed by atoms with Gasteiger partial charge in [0.2, 0.25) is 5.91 Å². The fourth-order valence-corrected chi connectivity index (χ4v) is 1.59. The Morgan fingerprint density at radius 3 is 3.00 bits per heavy atom. The van der Waals surface area contributed by atoms with Crippen LogP contribution in [-0.2, 0) is 4.79 Å². The SMILES string of the molecule is Nc1ccc(F)c(NC(=O)CSCCO)c1. The third-order valence-electron chi connectivity index (χ3n) is 1.73. The van der Waals surface area contributed by atoms with Crippen molar-refractivity contribution in [3.05, 3.63) is 24.0 Å². The normalized spacial score (nSPS) is 10.1. The maximum atomic E-state index is 13.2. The molecule has 0 spiro atoms. The van der Waals surface area contributed by atoms with E-state index in [4.69, 9.17) is 10.8 Å². The van der Waals surface area contributed by atoms with E-state index in [2.05, 4.69) is 5.32 Å². The number of halogens is 1. The smallest absolute Gasteiger partial charge is 0.234 e. The van der Waals surface area contributed by atoms with Crippen LogP contribution in [0.5, 0.6) is 0 Å². The zero-order valence-electron chi connectivity index (χ0n) is 8.57. The average molecular weight is 244 g/mol. The third kappa shape index (κ3) is 4.08. The summed E-state index contributed by atoms with van der Waals surface area (Å²) in [6, 6.07) is 3.99. The van der Waals surface area contributed by atoms with Crippen molar-refractivity contribution >= 4 is 29.0 Å². The molecule has 6 heteroatoms. The second-order valence-electron chi connectivity index (χ2n) is 3.06. The van der Waals surface area contributed by atoms with E-state index >= 15 is 0 Å². The minimum Gasteiger partial charge on any atom is -0.399 e. The molecule has 4 nitrogen and oxygen atoms in total. The molecule has 0 heterocycles. The Kier molecular flexibility index (Phi) is 5.07. The number of nitrogens with one attached hydrogen (secondary N) is 1. The Balaban J connectivity index is 2.52. The first-order valence-corrected chi connectivity index (χ1v) is 5.82. The zero-order valence-corrected chi connectivity index (χ0v) is 9.39. The van der Waals surface area contributed by atoms with Gasteiger partial charge in [0.05, 0.1) is 18.0 Å². The van der Waals surface area contributed by atoms with Crippen LogP contribution in [0.15, 0.2) is 18.2 Å². The van der Waals surface area contributed by atoms with Crippen molar-refractivity contribution in [3.8, 4) is 0 Å². The molecule has 0 aliphatic heterocycles. The van der Waals surface area contributed by atoms with Gasteiger partial charge < -0.3 is 16.2 Å². The van der Waals surface area contributed by atoms with Crippen LogP contribution in [-0.4, -0.2) is 29.1 Å². The Hall–Kier alpha value is -1.27. The van der Waals surface area contributed by atoms with Gasteiger partial charge in [-0.15, -0.1) is 11.8 Å². The number of thioether (sulfide) groups is 1. The molecule has 1 aromatic rings. The predicted octanol–water partition coefficient (Wildman–Crippen LogP) is 1.07. The number of nitrogens with two attached hydrogens (primary N) is 1. The van der Waals surface area contributed by atoms with Gasteiger partial charge in [0.1, 0.15) is 5.82 Å². The lowest BCUT2D eigenvalue weighted by Crippen LogP contribution is -2.15. The van der Waals surface area contributed by atoms with Crippen molar-refractivity contribution in [1.29, 1.82) is 0 Å². The number of benzene rings is 1. The van der Waals surface area contributed by atoms with Crippen LogP contribution in [0.2, 0.25) is 0 Å². The topological polar surface area (TPSA) is 75.3 Å². The minimum atomic E-state index is -0.519. The molecule has 4 N–H and O–H groups in total. The molecule has 1 aromatic carbocycles. The van der Waals surface area contributed by atoms with Crippen molar-refractivity contribution in [1.82, 2.24) is 0 Å². The Bertz CT molecular complexity index is 374. The van der Waals surface area contributed by atoms with Crippen LogP contribution in [0.1, 0.15) is 0 Å². The monoisotopic (exact) mass is 244 g/mol. The lowest BCUT2D eigenvalue weighted by atomic mass is 10.2. The summed E-state index contributed by atoms with van der Waals surface area (Å²) in [5, 5.41) is 10.9. The van der Waals surface area contributed by atoms with Gasteiger partial charge in [-0.25, -0.2) is 4.39 Å². The fourth-order valence-electron chi connectivity index (χ4n) is 1.05. The quantitative estimate of drug-likeness (QED) is 0.535. The molecule has 0 aromatic heterocycles. The summed E-state index contributed by atoms with van der Waals surface area (Å²) >= 11 is 1.27. The summed E-state index contributed by atoms with van der Waals surface area (Å²) in [7, 11) is 0. The highest BCUT2D eigenvalue weighted by atomic mass is 32.2. The van der Waals surface area contributed by atoms with Crippen molar-refractivity contribution in [2.24, 2.45) is 0 Å². The molecule has 0 saturated heterocycles. The standard InChI is InChI=1S/C10H13FN2O2S/c11-8-2-1-7(12)5-9(8)13-10(15)6-16-4-3-14/h1-2,5,14H,3-4,6,12H2,(H,13,15). The summed E-state index contributed by atoms with van der Waals surface area (Å²) in [6.45, 7) is 0.0184. The molecule has 0 saturated carbocycles. The minimum absolute atomic E-state index is 0.0184. The molecule has 0 atom stereocenters. The zero-order chi connectivity index (χ0) is 12.0. The third-order valence-corrected chi connectivity index (χ3v) is 2.67. The molecule has 0 radical (unpaired) electrons. The summed E-state index contributed by atoms with van der Waals surface area (Å²) in [5.74, 6) is -0.181. The molecular weight excluding hydrogens is 231 g/mol. The van der Waals surface area contributed by atoms with Crippen molar-refractivity contribution in [2.75, 3.05) is 29.2 Å². The molecule has 0 bridgehead atoms. The highest BCUT2D eigenvalue weighted by molar-refractivity contribution is 7.99.